The van der Waals surface area contributed by atoms with Gasteiger partial charge < -0.3 is 26.8 Å². The van der Waals surface area contributed by atoms with Gasteiger partial charge in [0.25, 0.3) is 5.91 Å². The van der Waals surface area contributed by atoms with Crippen LogP contribution in [0.3, 0.4) is 0 Å². The summed E-state index contributed by atoms with van der Waals surface area (Å²) in [7, 11) is 0. The lowest BCUT2D eigenvalue weighted by molar-refractivity contribution is -0.136. The Morgan fingerprint density at radius 3 is 2.68 bits per heavy atom. The first-order chi connectivity index (χ1) is 17.6. The number of nitrogens with two attached hydrogens (primary N) is 2. The number of nitrogens with one attached hydrogen (secondary N) is 1. The minimum absolute atomic E-state index is 0.0297. The van der Waals surface area contributed by atoms with Crippen molar-refractivity contribution in [3.05, 3.63) is 58.7 Å². The van der Waals surface area contributed by atoms with Crippen molar-refractivity contribution in [3.8, 4) is 0 Å². The molecular weight excluding hydrogens is 505 g/mol. The molecule has 3 aromatic heterocycles. The van der Waals surface area contributed by atoms with Crippen LogP contribution in [0.4, 0.5) is 24.7 Å². The topological polar surface area (TPSA) is 130 Å². The van der Waals surface area contributed by atoms with Gasteiger partial charge in [0.15, 0.2) is 0 Å². The van der Waals surface area contributed by atoms with Crippen molar-refractivity contribution in [3.63, 3.8) is 0 Å². The zero-order valence-electron chi connectivity index (χ0n) is 19.6. The predicted octanol–water partition coefficient (Wildman–Crippen LogP) is 3.84. The number of hydrogen-bond donors (Lipinski definition) is 4. The van der Waals surface area contributed by atoms with E-state index < -0.39 is 23.8 Å². The number of benzene rings is 1. The number of carbonyl (C=O) groups is 1. The smallest absolute Gasteiger partial charge is 0.397 e. The Kier molecular flexibility index (Phi) is 6.65. The van der Waals surface area contributed by atoms with Crippen LogP contribution in [-0.2, 0) is 6.18 Å². The number of amides is 1. The van der Waals surface area contributed by atoms with E-state index in [2.05, 4.69) is 15.3 Å². The molecule has 0 saturated carbocycles. The zero-order valence-corrected chi connectivity index (χ0v) is 20.4. The third-order valence-electron chi connectivity index (χ3n) is 6.65. The number of nitrogen functional groups attached to an aromatic ring is 1. The lowest BCUT2D eigenvalue weighted by atomic mass is 10.0. The van der Waals surface area contributed by atoms with Gasteiger partial charge in [-0.25, -0.2) is 4.98 Å². The van der Waals surface area contributed by atoms with Crippen molar-refractivity contribution in [2.45, 2.75) is 31.2 Å². The van der Waals surface area contributed by atoms with Crippen LogP contribution in [0.15, 0.2) is 42.6 Å². The first-order valence-electron chi connectivity index (χ1n) is 11.7. The first kappa shape index (κ1) is 25.2. The number of nitrogens with zero attached hydrogens (tertiary/aromatic N) is 3. The number of aromatic nitrogens is 2. The zero-order chi connectivity index (χ0) is 26.3. The molecule has 1 aliphatic rings. The number of alkyl halides is 3. The van der Waals surface area contributed by atoms with Crippen LogP contribution in [0.2, 0.25) is 0 Å². The van der Waals surface area contributed by atoms with Crippen LogP contribution in [0.5, 0.6) is 0 Å². The predicted molar refractivity (Wildman–Crippen MR) is 137 cm³/mol. The van der Waals surface area contributed by atoms with Crippen LogP contribution in [0.25, 0.3) is 21.0 Å². The van der Waals surface area contributed by atoms with Gasteiger partial charge in [0.2, 0.25) is 0 Å². The standard InChI is InChI=1S/C25H25F3N6O2S/c26-25(27,28)16-11-18(33-24-19(16)20(29)22(37-24)23(30)36)34-9-6-14(7-10-34)32-12-17(35)21-15-4-2-1-3-13(15)5-8-31-21/h1-5,8,11,14,17,32,35H,6-7,9-10,12,29H2,(H2,30,36). The summed E-state index contributed by atoms with van der Waals surface area (Å²) in [6.07, 6.45) is -2.50. The maximum atomic E-state index is 13.9. The molecule has 12 heteroatoms. The van der Waals surface area contributed by atoms with E-state index in [1.54, 1.807) is 11.1 Å². The molecule has 0 aliphatic carbocycles. The number of rotatable bonds is 6. The number of carbonyl (C=O) groups excluding carboxylic acids is 1. The minimum Gasteiger partial charge on any atom is -0.397 e. The Labute approximate surface area is 214 Å². The summed E-state index contributed by atoms with van der Waals surface area (Å²) in [6.45, 7) is 1.25. The highest BCUT2D eigenvalue weighted by Gasteiger charge is 2.37. The van der Waals surface area contributed by atoms with Gasteiger partial charge >= 0.3 is 6.18 Å². The third-order valence-corrected chi connectivity index (χ3v) is 7.77. The molecule has 5 rings (SSSR count). The molecule has 1 saturated heterocycles. The average molecular weight is 531 g/mol. The summed E-state index contributed by atoms with van der Waals surface area (Å²) in [6, 6.07) is 10.7. The van der Waals surface area contributed by atoms with E-state index in [0.717, 1.165) is 28.2 Å². The molecule has 8 nitrogen and oxygen atoms in total. The highest BCUT2D eigenvalue weighted by molar-refractivity contribution is 7.21. The number of halogens is 3. The van der Waals surface area contributed by atoms with E-state index in [0.29, 0.717) is 38.2 Å². The van der Waals surface area contributed by atoms with Gasteiger partial charge in [-0.2, -0.15) is 13.2 Å². The van der Waals surface area contributed by atoms with E-state index in [1.807, 2.05) is 30.3 Å². The lowest BCUT2D eigenvalue weighted by Gasteiger charge is -2.34. The molecular formula is C25H25F3N6O2S. The number of fused-ring (bicyclic) bond motifs is 2. The summed E-state index contributed by atoms with van der Waals surface area (Å²) in [5.41, 5.74) is 10.5. The van der Waals surface area contributed by atoms with Gasteiger partial charge in [-0.1, -0.05) is 24.3 Å². The fourth-order valence-electron chi connectivity index (χ4n) is 4.77. The van der Waals surface area contributed by atoms with Crippen molar-refractivity contribution in [2.24, 2.45) is 5.73 Å². The summed E-state index contributed by atoms with van der Waals surface area (Å²) < 4.78 is 41.6. The molecule has 4 aromatic rings. The van der Waals surface area contributed by atoms with Crippen LogP contribution in [-0.4, -0.2) is 46.7 Å². The van der Waals surface area contributed by atoms with E-state index in [-0.39, 0.29) is 32.6 Å². The van der Waals surface area contributed by atoms with Gasteiger partial charge in [0.1, 0.15) is 21.6 Å². The molecule has 0 bridgehead atoms. The number of aliphatic hydroxyl groups excluding tert-OH is 1. The molecule has 1 atom stereocenters. The number of hydrogen-bond acceptors (Lipinski definition) is 8. The molecule has 6 N–H and O–H groups in total. The maximum absolute atomic E-state index is 13.9. The SMILES string of the molecule is NC(=O)c1sc2nc(N3CCC(NCC(O)c4nccc5ccccc45)CC3)cc(C(F)(F)F)c2c1N. The lowest BCUT2D eigenvalue weighted by Crippen LogP contribution is -2.44. The van der Waals surface area contributed by atoms with Gasteiger partial charge in [0.05, 0.1) is 16.9 Å². The normalized spacial score (nSPS) is 15.9. The van der Waals surface area contributed by atoms with Crippen molar-refractivity contribution in [2.75, 3.05) is 30.3 Å². The summed E-state index contributed by atoms with van der Waals surface area (Å²) in [4.78, 5) is 22.1. The van der Waals surface area contributed by atoms with Crippen molar-refractivity contribution in [1.29, 1.82) is 0 Å². The van der Waals surface area contributed by atoms with E-state index in [1.165, 1.54) is 0 Å². The Hall–Kier alpha value is -3.48. The van der Waals surface area contributed by atoms with Crippen molar-refractivity contribution >= 4 is 49.7 Å². The van der Waals surface area contributed by atoms with E-state index in [9.17, 15) is 23.1 Å². The average Bonchev–Trinajstić information content (AvgIpc) is 3.22. The molecule has 37 heavy (non-hydrogen) atoms. The molecule has 1 aliphatic heterocycles. The fraction of sp³-hybridized carbons (Fsp3) is 0.320. The fourth-order valence-corrected chi connectivity index (χ4v) is 5.74. The van der Waals surface area contributed by atoms with Crippen LogP contribution in [0.1, 0.15) is 39.9 Å². The van der Waals surface area contributed by atoms with Crippen LogP contribution < -0.4 is 21.7 Å². The molecule has 1 aromatic carbocycles. The third kappa shape index (κ3) is 4.91. The molecule has 1 unspecified atom stereocenters. The number of piperidine rings is 1. The van der Waals surface area contributed by atoms with Gasteiger partial charge in [-0.15, -0.1) is 11.3 Å². The molecule has 4 heterocycles. The Morgan fingerprint density at radius 1 is 1.24 bits per heavy atom. The largest absolute Gasteiger partial charge is 0.417 e. The Morgan fingerprint density at radius 2 is 1.97 bits per heavy atom. The monoisotopic (exact) mass is 530 g/mol. The van der Waals surface area contributed by atoms with Gasteiger partial charge in [-0.3, -0.25) is 9.78 Å². The number of primary amides is 1. The molecule has 1 fully saturated rings. The quantitative estimate of drug-likeness (QED) is 0.298. The maximum Gasteiger partial charge on any atom is 0.417 e. The minimum atomic E-state index is -4.67. The highest BCUT2D eigenvalue weighted by atomic mass is 32.1. The molecule has 194 valence electrons. The van der Waals surface area contributed by atoms with Crippen LogP contribution >= 0.6 is 11.3 Å². The highest BCUT2D eigenvalue weighted by Crippen LogP contribution is 2.43. The van der Waals surface area contributed by atoms with Crippen LogP contribution in [0, 0.1) is 0 Å². The van der Waals surface area contributed by atoms with Crippen molar-refractivity contribution in [1.82, 2.24) is 15.3 Å². The Balaban J connectivity index is 1.28. The van der Waals surface area contributed by atoms with Gasteiger partial charge in [0, 0.05) is 42.6 Å². The van der Waals surface area contributed by atoms with Gasteiger partial charge in [-0.05, 0) is 30.4 Å². The summed E-state index contributed by atoms with van der Waals surface area (Å²) in [5.74, 6) is -0.710. The molecule has 0 radical (unpaired) electrons. The summed E-state index contributed by atoms with van der Waals surface area (Å²) >= 11 is 0.768. The number of thiophene rings is 1. The van der Waals surface area contributed by atoms with Crippen molar-refractivity contribution < 1.29 is 23.1 Å². The second-order valence-electron chi connectivity index (χ2n) is 9.02. The number of anilines is 2. The second kappa shape index (κ2) is 9.77. The first-order valence-corrected chi connectivity index (χ1v) is 12.5. The number of pyridine rings is 2. The van der Waals surface area contributed by atoms with E-state index >= 15 is 0 Å². The second-order valence-corrected chi connectivity index (χ2v) is 10.0. The Bertz CT molecular complexity index is 1460. The van der Waals surface area contributed by atoms with E-state index in [4.69, 9.17) is 11.5 Å². The molecule has 0 spiro atoms. The summed E-state index contributed by atoms with van der Waals surface area (Å²) in [5, 5.41) is 15.7. The number of aliphatic hydroxyl groups is 1. The molecule has 1 amide bonds.